The highest BCUT2D eigenvalue weighted by atomic mass is 127. The lowest BCUT2D eigenvalue weighted by molar-refractivity contribution is -0.387. The quantitative estimate of drug-likeness (QED) is 0.327. The zero-order chi connectivity index (χ0) is 17.0. The van der Waals surface area contributed by atoms with Crippen molar-refractivity contribution in [2.75, 3.05) is 5.32 Å². The topological polar surface area (TPSA) is 84.3 Å². The van der Waals surface area contributed by atoms with Gasteiger partial charge in [-0.3, -0.25) is 20.2 Å². The van der Waals surface area contributed by atoms with Crippen LogP contribution in [0.25, 0.3) is 0 Å². The van der Waals surface area contributed by atoms with E-state index in [0.717, 1.165) is 15.7 Å². The molecule has 23 heavy (non-hydrogen) atoms. The highest BCUT2D eigenvalue weighted by Crippen LogP contribution is 2.21. The van der Waals surface area contributed by atoms with Gasteiger partial charge in [0.1, 0.15) is 0 Å². The summed E-state index contributed by atoms with van der Waals surface area (Å²) in [6, 6.07) is 10.2. The molecule has 0 aliphatic rings. The molecule has 0 saturated carbocycles. The van der Waals surface area contributed by atoms with E-state index >= 15 is 0 Å². The number of carbonyl (C=O) groups excluding carboxylic acids is 1. The van der Waals surface area contributed by atoms with Gasteiger partial charge in [-0.05, 0) is 59.1 Å². The van der Waals surface area contributed by atoms with Crippen LogP contribution in [0.3, 0.4) is 0 Å². The van der Waals surface area contributed by atoms with Gasteiger partial charge in [-0.25, -0.2) is 0 Å². The van der Waals surface area contributed by atoms with E-state index in [1.165, 1.54) is 6.07 Å². The van der Waals surface area contributed by atoms with Crippen LogP contribution in [0.2, 0.25) is 0 Å². The smallest absolute Gasteiger partial charge is 0.306 e. The van der Waals surface area contributed by atoms with Gasteiger partial charge in [-0.2, -0.15) is 4.39 Å². The fraction of sp³-hybridized carbons (Fsp3) is 0. The summed E-state index contributed by atoms with van der Waals surface area (Å²) in [6.45, 7) is 0. The Morgan fingerprint density at radius 2 is 1.96 bits per heavy atom. The van der Waals surface area contributed by atoms with Crippen molar-refractivity contribution in [1.82, 2.24) is 5.32 Å². The molecule has 2 N–H and O–H groups in total. The second kappa shape index (κ2) is 7.42. The Balaban J connectivity index is 2.08. The molecule has 2 aromatic rings. The summed E-state index contributed by atoms with van der Waals surface area (Å²) in [5.74, 6) is -1.36. The summed E-state index contributed by atoms with van der Waals surface area (Å²) in [6.07, 6.45) is 0. The van der Waals surface area contributed by atoms with Crippen LogP contribution < -0.4 is 10.6 Å². The molecule has 0 bridgehead atoms. The van der Waals surface area contributed by atoms with E-state index in [1.807, 2.05) is 22.6 Å². The van der Waals surface area contributed by atoms with E-state index in [2.05, 4.69) is 10.6 Å². The minimum absolute atomic E-state index is 0.0458. The first-order valence-corrected chi connectivity index (χ1v) is 7.68. The second-order valence-corrected chi connectivity index (χ2v) is 5.88. The summed E-state index contributed by atoms with van der Waals surface area (Å²) < 4.78 is 14.0. The van der Waals surface area contributed by atoms with E-state index in [1.54, 1.807) is 24.3 Å². The van der Waals surface area contributed by atoms with Gasteiger partial charge in [-0.15, -0.1) is 0 Å². The molecule has 118 valence electrons. The predicted octanol–water partition coefficient (Wildman–Crippen LogP) is 3.47. The largest absolute Gasteiger partial charge is 0.332 e. The maximum absolute atomic E-state index is 13.3. The Labute approximate surface area is 149 Å². The third kappa shape index (κ3) is 4.42. The van der Waals surface area contributed by atoms with Crippen LogP contribution in [0.1, 0.15) is 10.4 Å². The number of anilines is 1. The zero-order valence-electron chi connectivity index (χ0n) is 11.4. The third-order valence-electron chi connectivity index (χ3n) is 2.75. The van der Waals surface area contributed by atoms with E-state index in [4.69, 9.17) is 12.2 Å². The molecule has 6 nitrogen and oxygen atoms in total. The molecule has 2 rings (SSSR count). The number of amides is 1. The van der Waals surface area contributed by atoms with Gasteiger partial charge in [0.2, 0.25) is 5.82 Å². The van der Waals surface area contributed by atoms with Crippen LogP contribution in [-0.4, -0.2) is 15.9 Å². The molecule has 0 spiro atoms. The van der Waals surface area contributed by atoms with Crippen LogP contribution in [0, 0.1) is 19.5 Å². The molecule has 0 aliphatic carbocycles. The van der Waals surface area contributed by atoms with Gasteiger partial charge in [0, 0.05) is 15.3 Å². The highest BCUT2D eigenvalue weighted by Gasteiger charge is 2.15. The van der Waals surface area contributed by atoms with Crippen molar-refractivity contribution < 1.29 is 14.1 Å². The maximum atomic E-state index is 13.3. The van der Waals surface area contributed by atoms with Crippen molar-refractivity contribution in [2.24, 2.45) is 0 Å². The van der Waals surface area contributed by atoms with Gasteiger partial charge < -0.3 is 5.32 Å². The number of nitro groups is 1. The molecule has 0 heterocycles. The molecular weight excluding hydrogens is 436 g/mol. The number of nitro benzene ring substituents is 1. The monoisotopic (exact) mass is 445 g/mol. The molecule has 0 atom stereocenters. The van der Waals surface area contributed by atoms with Crippen LogP contribution >= 0.6 is 34.8 Å². The van der Waals surface area contributed by atoms with E-state index in [-0.39, 0.29) is 10.8 Å². The molecule has 9 heteroatoms. The van der Waals surface area contributed by atoms with Crippen LogP contribution in [0.15, 0.2) is 42.5 Å². The predicted molar refractivity (Wildman–Crippen MR) is 95.9 cm³/mol. The molecule has 2 aromatic carbocycles. The molecule has 0 fully saturated rings. The van der Waals surface area contributed by atoms with Gasteiger partial charge in [0.05, 0.1) is 10.5 Å². The molecule has 1 amide bonds. The van der Waals surface area contributed by atoms with Gasteiger partial charge >= 0.3 is 5.69 Å². The van der Waals surface area contributed by atoms with Crippen LogP contribution in [0.5, 0.6) is 0 Å². The summed E-state index contributed by atoms with van der Waals surface area (Å²) in [4.78, 5) is 21.9. The van der Waals surface area contributed by atoms with Crippen molar-refractivity contribution in [1.29, 1.82) is 0 Å². The Bertz CT molecular complexity index is 801. The van der Waals surface area contributed by atoms with Crippen molar-refractivity contribution in [3.8, 4) is 0 Å². The van der Waals surface area contributed by atoms with Gasteiger partial charge in [0.15, 0.2) is 5.11 Å². The number of hydrogen-bond donors (Lipinski definition) is 2. The fourth-order valence-electron chi connectivity index (χ4n) is 1.71. The maximum Gasteiger partial charge on any atom is 0.306 e. The average Bonchev–Trinajstić information content (AvgIpc) is 2.49. The number of hydrogen-bond acceptors (Lipinski definition) is 4. The number of nitrogens with zero attached hydrogens (tertiary/aromatic N) is 1. The first-order valence-electron chi connectivity index (χ1n) is 6.19. The number of nitrogens with one attached hydrogen (secondary N) is 2. The Hall–Kier alpha value is -2.14. The SMILES string of the molecule is O=C(NC(=S)Nc1ccc(F)c([N+](=O)[O-])c1)c1ccccc1I. The average molecular weight is 445 g/mol. The Morgan fingerprint density at radius 1 is 1.26 bits per heavy atom. The summed E-state index contributed by atoms with van der Waals surface area (Å²) in [5.41, 5.74) is -0.0322. The third-order valence-corrected chi connectivity index (χ3v) is 3.89. The van der Waals surface area contributed by atoms with E-state index in [9.17, 15) is 19.3 Å². The van der Waals surface area contributed by atoms with Crippen LogP contribution in [0.4, 0.5) is 15.8 Å². The molecular formula is C14H9FIN3O3S. The summed E-state index contributed by atoms with van der Waals surface area (Å²) in [7, 11) is 0. The molecule has 0 aromatic heterocycles. The fourth-order valence-corrected chi connectivity index (χ4v) is 2.55. The van der Waals surface area contributed by atoms with E-state index in [0.29, 0.717) is 5.56 Å². The highest BCUT2D eigenvalue weighted by molar-refractivity contribution is 14.1. The van der Waals surface area contributed by atoms with Crippen molar-refractivity contribution >= 4 is 57.2 Å². The summed E-state index contributed by atoms with van der Waals surface area (Å²) in [5, 5.41) is 15.7. The molecule has 0 saturated heterocycles. The van der Waals surface area contributed by atoms with E-state index < -0.39 is 22.3 Å². The first kappa shape index (κ1) is 17.2. The normalized spacial score (nSPS) is 10.0. The van der Waals surface area contributed by atoms with Crippen molar-refractivity contribution in [3.63, 3.8) is 0 Å². The zero-order valence-corrected chi connectivity index (χ0v) is 14.4. The van der Waals surface area contributed by atoms with Gasteiger partial charge in [-0.1, -0.05) is 12.1 Å². The number of halogens is 2. The number of rotatable bonds is 3. The van der Waals surface area contributed by atoms with Gasteiger partial charge in [0.25, 0.3) is 5.91 Å². The first-order chi connectivity index (χ1) is 10.9. The standard InChI is InChI=1S/C14H9FIN3O3S/c15-10-6-5-8(7-12(10)19(21)22)17-14(23)18-13(20)9-3-1-2-4-11(9)16/h1-7H,(H2,17,18,20,23). The molecule has 0 aliphatic heterocycles. The lowest BCUT2D eigenvalue weighted by Crippen LogP contribution is -2.34. The number of thiocarbonyl (C=S) groups is 1. The van der Waals surface area contributed by atoms with Crippen molar-refractivity contribution in [2.45, 2.75) is 0 Å². The molecule has 0 radical (unpaired) electrons. The lowest BCUT2D eigenvalue weighted by atomic mass is 10.2. The minimum Gasteiger partial charge on any atom is -0.332 e. The number of carbonyl (C=O) groups is 1. The minimum atomic E-state index is -0.950. The number of benzene rings is 2. The van der Waals surface area contributed by atoms with Crippen LogP contribution in [-0.2, 0) is 0 Å². The molecule has 0 unspecified atom stereocenters. The summed E-state index contributed by atoms with van der Waals surface area (Å²) >= 11 is 7.01. The Morgan fingerprint density at radius 3 is 2.61 bits per heavy atom. The van der Waals surface area contributed by atoms with Crippen molar-refractivity contribution in [3.05, 3.63) is 67.5 Å². The lowest BCUT2D eigenvalue weighted by Gasteiger charge is -2.10. The second-order valence-electron chi connectivity index (χ2n) is 4.31. The Kier molecular flexibility index (Phi) is 5.55.